The van der Waals surface area contributed by atoms with E-state index in [2.05, 4.69) is 205 Å². The molecule has 298 valence electrons. The summed E-state index contributed by atoms with van der Waals surface area (Å²) >= 11 is 0. The Labute approximate surface area is 364 Å². The van der Waals surface area contributed by atoms with Gasteiger partial charge in [0.1, 0.15) is 11.2 Å². The molecule has 2 heteroatoms. The minimum absolute atomic E-state index is 0.0481. The SMILES string of the molecule is C1=CCC(c2ccccc2N(c2ccc(-c3cccc4oc5ccccc5c34)cc2)c2ccc3c(c2)C2(CCCCC2)c2ccccc2-3)C(c2ccccc2-c2ccccc2)=C1. The van der Waals surface area contributed by atoms with E-state index in [1.54, 1.807) is 0 Å². The average molecular weight is 798 g/mol. The maximum absolute atomic E-state index is 6.33. The van der Waals surface area contributed by atoms with Crippen LogP contribution in [0.5, 0.6) is 0 Å². The summed E-state index contributed by atoms with van der Waals surface area (Å²) in [7, 11) is 0. The Morgan fingerprint density at radius 2 is 1.15 bits per heavy atom. The van der Waals surface area contributed by atoms with Crippen LogP contribution in [0.4, 0.5) is 17.1 Å². The molecule has 0 N–H and O–H groups in total. The van der Waals surface area contributed by atoms with E-state index in [0.717, 1.165) is 34.0 Å². The number of anilines is 3. The lowest BCUT2D eigenvalue weighted by Gasteiger charge is -2.37. The van der Waals surface area contributed by atoms with Gasteiger partial charge in [0.25, 0.3) is 0 Å². The number of fused-ring (bicyclic) bond motifs is 8. The van der Waals surface area contributed by atoms with Crippen LogP contribution in [0.25, 0.3) is 60.9 Å². The summed E-state index contributed by atoms with van der Waals surface area (Å²) in [4.78, 5) is 2.55. The Kier molecular flexibility index (Phi) is 8.92. The molecule has 2 nitrogen and oxygen atoms in total. The summed E-state index contributed by atoms with van der Waals surface area (Å²) in [5, 5.41) is 2.31. The van der Waals surface area contributed by atoms with Crippen molar-refractivity contribution in [3.05, 3.63) is 229 Å². The van der Waals surface area contributed by atoms with Crippen LogP contribution in [0.3, 0.4) is 0 Å². The normalized spacial score (nSPS) is 16.3. The lowest BCUT2D eigenvalue weighted by molar-refractivity contribution is 0.353. The van der Waals surface area contributed by atoms with Gasteiger partial charge in [0.2, 0.25) is 0 Å². The quantitative estimate of drug-likeness (QED) is 0.160. The molecule has 1 spiro atoms. The summed E-state index contributed by atoms with van der Waals surface area (Å²) in [5.41, 5.74) is 20.1. The molecule has 9 aromatic rings. The fourth-order valence-electron chi connectivity index (χ4n) is 11.3. The van der Waals surface area contributed by atoms with Crippen molar-refractivity contribution in [3.8, 4) is 33.4 Å². The zero-order valence-electron chi connectivity index (χ0n) is 34.8. The van der Waals surface area contributed by atoms with Gasteiger partial charge < -0.3 is 9.32 Å². The van der Waals surface area contributed by atoms with Crippen LogP contribution in [-0.2, 0) is 5.41 Å². The molecule has 12 rings (SSSR count). The molecular formula is C60H47NO. The van der Waals surface area contributed by atoms with Crippen LogP contribution in [0.2, 0.25) is 0 Å². The van der Waals surface area contributed by atoms with E-state index in [9.17, 15) is 0 Å². The smallest absolute Gasteiger partial charge is 0.136 e. The minimum atomic E-state index is 0.0481. The van der Waals surface area contributed by atoms with E-state index in [0.29, 0.717) is 0 Å². The van der Waals surface area contributed by atoms with Gasteiger partial charge in [0.05, 0.1) is 0 Å². The lowest BCUT2D eigenvalue weighted by Crippen LogP contribution is -2.28. The van der Waals surface area contributed by atoms with Crippen molar-refractivity contribution in [2.75, 3.05) is 4.90 Å². The maximum atomic E-state index is 6.33. The van der Waals surface area contributed by atoms with Gasteiger partial charge in [-0.2, -0.15) is 0 Å². The number of rotatable bonds is 7. The molecule has 0 amide bonds. The molecule has 62 heavy (non-hydrogen) atoms. The molecule has 1 unspecified atom stereocenters. The van der Waals surface area contributed by atoms with Crippen molar-refractivity contribution in [1.29, 1.82) is 0 Å². The second-order valence-corrected chi connectivity index (χ2v) is 17.4. The largest absolute Gasteiger partial charge is 0.456 e. The Balaban J connectivity index is 1.03. The van der Waals surface area contributed by atoms with Crippen LogP contribution >= 0.6 is 0 Å². The molecule has 0 radical (unpaired) electrons. The van der Waals surface area contributed by atoms with E-state index < -0.39 is 0 Å². The van der Waals surface area contributed by atoms with Gasteiger partial charge in [-0.15, -0.1) is 0 Å². The molecule has 0 saturated heterocycles. The van der Waals surface area contributed by atoms with Crippen LogP contribution < -0.4 is 4.90 Å². The third kappa shape index (κ3) is 5.92. The van der Waals surface area contributed by atoms with E-state index in [1.807, 2.05) is 6.07 Å². The molecule has 1 fully saturated rings. The van der Waals surface area contributed by atoms with Crippen molar-refractivity contribution in [2.24, 2.45) is 0 Å². The Bertz CT molecular complexity index is 3190. The molecule has 0 bridgehead atoms. The first-order valence-corrected chi connectivity index (χ1v) is 22.4. The number of nitrogens with zero attached hydrogens (tertiary/aromatic N) is 1. The van der Waals surface area contributed by atoms with Gasteiger partial charge in [0, 0.05) is 39.2 Å². The van der Waals surface area contributed by atoms with Crippen molar-refractivity contribution in [3.63, 3.8) is 0 Å². The Morgan fingerprint density at radius 3 is 2.02 bits per heavy atom. The number of benzene rings is 8. The summed E-state index contributed by atoms with van der Waals surface area (Å²) < 4.78 is 6.33. The highest BCUT2D eigenvalue weighted by atomic mass is 16.3. The molecule has 8 aromatic carbocycles. The monoisotopic (exact) mass is 797 g/mol. The fraction of sp³-hybridized carbons (Fsp3) is 0.133. The first kappa shape index (κ1) is 36.7. The second kappa shape index (κ2) is 15.1. The van der Waals surface area contributed by atoms with Crippen LogP contribution in [0.1, 0.15) is 66.7 Å². The highest BCUT2D eigenvalue weighted by molar-refractivity contribution is 6.12. The van der Waals surface area contributed by atoms with E-state index in [-0.39, 0.29) is 11.3 Å². The number of hydrogen-bond acceptors (Lipinski definition) is 2. The minimum Gasteiger partial charge on any atom is -0.456 e. The van der Waals surface area contributed by atoms with Crippen LogP contribution in [-0.4, -0.2) is 0 Å². The highest BCUT2D eigenvalue weighted by Gasteiger charge is 2.44. The zero-order valence-corrected chi connectivity index (χ0v) is 34.8. The predicted octanol–water partition coefficient (Wildman–Crippen LogP) is 16.7. The number of hydrogen-bond donors (Lipinski definition) is 0. The molecule has 3 aliphatic carbocycles. The third-order valence-corrected chi connectivity index (χ3v) is 14.1. The van der Waals surface area contributed by atoms with Crippen molar-refractivity contribution in [1.82, 2.24) is 0 Å². The average Bonchev–Trinajstić information content (AvgIpc) is 3.86. The fourth-order valence-corrected chi connectivity index (χ4v) is 11.3. The van der Waals surface area contributed by atoms with Gasteiger partial charge in [-0.25, -0.2) is 0 Å². The molecule has 1 saturated carbocycles. The lowest BCUT2D eigenvalue weighted by atomic mass is 9.68. The Morgan fingerprint density at radius 1 is 0.484 bits per heavy atom. The summed E-state index contributed by atoms with van der Waals surface area (Å²) in [5.74, 6) is 0.151. The standard InChI is InChI=1S/C60H47NO/c1-3-18-41(19-4-1)45-20-5-6-21-47(45)48-22-7-8-23-49(48)52-25-10-13-29-56(52)61(44-36-37-51-50-24-9-12-28-54(50)60(55(51)40-44)38-15-2-16-39-60)43-34-32-42(33-35-43)46-27-17-31-58-59(46)53-26-11-14-30-57(53)62-58/h1,3-14,17-22,24-37,40,49H,2,15-16,23,38-39H2. The highest BCUT2D eigenvalue weighted by Crippen LogP contribution is 2.57. The Hall–Kier alpha value is -7.16. The third-order valence-electron chi connectivity index (χ3n) is 14.1. The van der Waals surface area contributed by atoms with Gasteiger partial charge >= 0.3 is 0 Å². The van der Waals surface area contributed by atoms with E-state index >= 15 is 0 Å². The first-order chi connectivity index (χ1) is 30.7. The molecule has 0 aliphatic heterocycles. The van der Waals surface area contributed by atoms with Gasteiger partial charge in [-0.1, -0.05) is 183 Å². The molecular weight excluding hydrogens is 751 g/mol. The summed E-state index contributed by atoms with van der Waals surface area (Å²) in [6, 6.07) is 69.6. The predicted molar refractivity (Wildman–Crippen MR) is 259 cm³/mol. The van der Waals surface area contributed by atoms with Gasteiger partial charge in [-0.3, -0.25) is 0 Å². The van der Waals surface area contributed by atoms with Crippen molar-refractivity contribution >= 4 is 44.6 Å². The van der Waals surface area contributed by atoms with Crippen molar-refractivity contribution in [2.45, 2.75) is 49.9 Å². The topological polar surface area (TPSA) is 16.4 Å². The second-order valence-electron chi connectivity index (χ2n) is 17.4. The molecule has 1 aromatic heterocycles. The maximum Gasteiger partial charge on any atom is 0.136 e. The van der Waals surface area contributed by atoms with E-state index in [4.69, 9.17) is 4.42 Å². The zero-order chi connectivity index (χ0) is 41.0. The van der Waals surface area contributed by atoms with Crippen molar-refractivity contribution < 1.29 is 4.42 Å². The van der Waals surface area contributed by atoms with Crippen LogP contribution in [0, 0.1) is 0 Å². The number of furan rings is 1. The van der Waals surface area contributed by atoms with Crippen LogP contribution in [0.15, 0.2) is 211 Å². The van der Waals surface area contributed by atoms with Gasteiger partial charge in [-0.05, 0) is 123 Å². The number of para-hydroxylation sites is 2. The molecule has 3 aliphatic rings. The number of allylic oxidation sites excluding steroid dienone is 4. The molecule has 1 atom stereocenters. The summed E-state index contributed by atoms with van der Waals surface area (Å²) in [6.07, 6.45) is 14.1. The first-order valence-electron chi connectivity index (χ1n) is 22.4. The van der Waals surface area contributed by atoms with E-state index in [1.165, 1.54) is 105 Å². The summed E-state index contributed by atoms with van der Waals surface area (Å²) in [6.45, 7) is 0. The van der Waals surface area contributed by atoms with Gasteiger partial charge in [0.15, 0.2) is 0 Å². The molecule has 1 heterocycles.